The van der Waals surface area contributed by atoms with Gasteiger partial charge in [0, 0.05) is 42.8 Å². The van der Waals surface area contributed by atoms with E-state index >= 15 is 0 Å². The fourth-order valence-corrected chi connectivity index (χ4v) is 5.32. The van der Waals surface area contributed by atoms with Crippen molar-refractivity contribution in [1.82, 2.24) is 18.8 Å². The van der Waals surface area contributed by atoms with Crippen LogP contribution in [-0.4, -0.2) is 37.8 Å². The summed E-state index contributed by atoms with van der Waals surface area (Å²) in [5, 5.41) is 1.12. The summed E-state index contributed by atoms with van der Waals surface area (Å²) in [5.74, 6) is 1.75. The van der Waals surface area contributed by atoms with Crippen LogP contribution in [0.2, 0.25) is 0 Å². The fraction of sp³-hybridized carbons (Fsp3) is 0.476. The smallest absolute Gasteiger partial charge is 0.228 e. The van der Waals surface area contributed by atoms with Crippen molar-refractivity contribution in [2.24, 2.45) is 0 Å². The molecule has 0 N–H and O–H groups in total. The van der Waals surface area contributed by atoms with Gasteiger partial charge in [-0.3, -0.25) is 4.79 Å². The van der Waals surface area contributed by atoms with Gasteiger partial charge in [0.15, 0.2) is 0 Å². The molecule has 0 aliphatic carbocycles. The Labute approximate surface area is 163 Å². The van der Waals surface area contributed by atoms with Crippen molar-refractivity contribution < 1.29 is 4.79 Å². The lowest BCUT2D eigenvalue weighted by atomic mass is 9.96. The molecule has 0 saturated carbocycles. The largest absolute Gasteiger partial charge is 0.342 e. The maximum atomic E-state index is 13.0. The lowest BCUT2D eigenvalue weighted by Crippen LogP contribution is -2.40. The van der Waals surface area contributed by atoms with Crippen molar-refractivity contribution in [3.05, 3.63) is 47.7 Å². The predicted molar refractivity (Wildman–Crippen MR) is 107 cm³/mol. The summed E-state index contributed by atoms with van der Waals surface area (Å²) in [6.45, 7) is 2.72. The first kappa shape index (κ1) is 16.9. The maximum Gasteiger partial charge on any atom is 0.228 e. The number of fused-ring (bicyclic) bond motifs is 2. The molecule has 1 aromatic carbocycles. The van der Waals surface area contributed by atoms with E-state index in [1.807, 2.05) is 17.0 Å². The normalized spacial score (nSPS) is 20.0. The van der Waals surface area contributed by atoms with Crippen molar-refractivity contribution in [2.45, 2.75) is 51.0 Å². The highest BCUT2D eigenvalue weighted by Gasteiger charge is 2.29. The molecule has 1 fully saturated rings. The number of piperidine rings is 1. The zero-order valence-electron chi connectivity index (χ0n) is 15.4. The second kappa shape index (κ2) is 7.08. The van der Waals surface area contributed by atoms with E-state index in [0.717, 1.165) is 54.7 Å². The summed E-state index contributed by atoms with van der Waals surface area (Å²) in [5.41, 5.74) is 2.29. The third-order valence-electron chi connectivity index (χ3n) is 5.94. The van der Waals surface area contributed by atoms with Gasteiger partial charge in [-0.05, 0) is 49.7 Å². The molecule has 3 aromatic rings. The molecular weight excluding hydrogens is 356 g/mol. The maximum absolute atomic E-state index is 13.0. The Hall–Kier alpha value is -2.21. The first-order valence-electron chi connectivity index (χ1n) is 9.95. The molecule has 5 rings (SSSR count). The zero-order chi connectivity index (χ0) is 18.2. The van der Waals surface area contributed by atoms with Gasteiger partial charge in [0.05, 0.1) is 16.8 Å². The lowest BCUT2D eigenvalue weighted by molar-refractivity contribution is -0.131. The Kier molecular flexibility index (Phi) is 4.44. The average Bonchev–Trinajstić information content (AvgIpc) is 3.33. The molecule has 2 aliphatic rings. The Morgan fingerprint density at radius 2 is 2.11 bits per heavy atom. The highest BCUT2D eigenvalue weighted by molar-refractivity contribution is 7.13. The number of rotatable bonds is 3. The van der Waals surface area contributed by atoms with Crippen molar-refractivity contribution in [2.75, 3.05) is 13.1 Å². The number of aromatic nitrogens is 3. The van der Waals surface area contributed by atoms with Crippen LogP contribution < -0.4 is 0 Å². The van der Waals surface area contributed by atoms with Crippen LogP contribution in [-0.2, 0) is 24.2 Å². The van der Waals surface area contributed by atoms with Crippen molar-refractivity contribution in [3.63, 3.8) is 0 Å². The molecular formula is C21H24N4OS. The van der Waals surface area contributed by atoms with Gasteiger partial charge in [-0.1, -0.05) is 18.2 Å². The van der Waals surface area contributed by atoms with E-state index in [1.54, 1.807) is 0 Å². The first-order valence-corrected chi connectivity index (χ1v) is 10.7. The Morgan fingerprint density at radius 3 is 3.07 bits per heavy atom. The molecule has 0 bridgehead atoms. The third kappa shape index (κ3) is 3.16. The van der Waals surface area contributed by atoms with E-state index < -0.39 is 0 Å². The number of aryl methyl sites for hydroxylation is 1. The number of amides is 1. The predicted octanol–water partition coefficient (Wildman–Crippen LogP) is 3.78. The first-order chi connectivity index (χ1) is 13.3. The van der Waals surface area contributed by atoms with Gasteiger partial charge < -0.3 is 9.47 Å². The summed E-state index contributed by atoms with van der Waals surface area (Å²) in [7, 11) is 0. The minimum Gasteiger partial charge on any atom is -0.342 e. The molecule has 140 valence electrons. The van der Waals surface area contributed by atoms with Gasteiger partial charge in [0.1, 0.15) is 5.82 Å². The highest BCUT2D eigenvalue weighted by atomic mass is 32.1. The quantitative estimate of drug-likeness (QED) is 0.695. The van der Waals surface area contributed by atoms with Crippen LogP contribution in [0.5, 0.6) is 0 Å². The number of hydrogen-bond acceptors (Lipinski definition) is 4. The second-order valence-corrected chi connectivity index (χ2v) is 8.50. The molecule has 5 nitrogen and oxygen atoms in total. The van der Waals surface area contributed by atoms with E-state index in [4.69, 9.17) is 4.98 Å². The number of carbonyl (C=O) groups is 1. The molecule has 0 unspecified atom stereocenters. The van der Waals surface area contributed by atoms with Crippen LogP contribution >= 0.6 is 11.5 Å². The van der Waals surface area contributed by atoms with E-state index in [0.29, 0.717) is 12.3 Å². The summed E-state index contributed by atoms with van der Waals surface area (Å²) in [6, 6.07) is 8.17. The van der Waals surface area contributed by atoms with Crippen molar-refractivity contribution >= 4 is 27.5 Å². The summed E-state index contributed by atoms with van der Waals surface area (Å²) in [4.78, 5) is 19.8. The third-order valence-corrected chi connectivity index (χ3v) is 6.81. The summed E-state index contributed by atoms with van der Waals surface area (Å²) in [6.07, 6.45) is 8.27. The minimum absolute atomic E-state index is 0.196. The van der Waals surface area contributed by atoms with Gasteiger partial charge >= 0.3 is 0 Å². The topological polar surface area (TPSA) is 51.0 Å². The molecule has 1 amide bonds. The molecule has 1 atom stereocenters. The zero-order valence-corrected chi connectivity index (χ0v) is 16.2. The van der Waals surface area contributed by atoms with Gasteiger partial charge in [-0.25, -0.2) is 4.98 Å². The van der Waals surface area contributed by atoms with Gasteiger partial charge in [-0.15, -0.1) is 0 Å². The number of benzene rings is 1. The number of carbonyl (C=O) groups excluding carboxylic acids is 1. The van der Waals surface area contributed by atoms with E-state index in [2.05, 4.69) is 27.3 Å². The molecule has 27 heavy (non-hydrogen) atoms. The fourth-order valence-electron chi connectivity index (χ4n) is 4.52. The highest BCUT2D eigenvalue weighted by Crippen LogP contribution is 2.30. The van der Waals surface area contributed by atoms with E-state index in [1.165, 1.54) is 35.9 Å². The number of nitrogens with zero attached hydrogens (tertiary/aromatic N) is 4. The van der Waals surface area contributed by atoms with Gasteiger partial charge in [-0.2, -0.15) is 4.37 Å². The summed E-state index contributed by atoms with van der Waals surface area (Å²) < 4.78 is 8.10. The molecule has 1 saturated heterocycles. The van der Waals surface area contributed by atoms with E-state index in [9.17, 15) is 4.79 Å². The molecule has 2 aliphatic heterocycles. The monoisotopic (exact) mass is 380 g/mol. The SMILES string of the molecule is O=C(Cc1nsc2ccccc12)N1CCC[C@H](c2ncc3n2CCCC3)C1. The molecule has 6 heteroatoms. The molecule has 4 heterocycles. The second-order valence-electron chi connectivity index (χ2n) is 7.70. The number of hydrogen-bond donors (Lipinski definition) is 0. The van der Waals surface area contributed by atoms with Crippen molar-refractivity contribution in [3.8, 4) is 0 Å². The minimum atomic E-state index is 0.196. The van der Waals surface area contributed by atoms with Gasteiger partial charge in [0.2, 0.25) is 5.91 Å². The number of likely N-dealkylation sites (tertiary alicyclic amines) is 1. The Balaban J connectivity index is 1.32. The van der Waals surface area contributed by atoms with Gasteiger partial charge in [0.25, 0.3) is 0 Å². The lowest BCUT2D eigenvalue weighted by Gasteiger charge is -2.33. The molecule has 0 spiro atoms. The number of imidazole rings is 1. The van der Waals surface area contributed by atoms with Crippen molar-refractivity contribution in [1.29, 1.82) is 0 Å². The van der Waals surface area contributed by atoms with Crippen LogP contribution in [0.1, 0.15) is 48.8 Å². The van der Waals surface area contributed by atoms with Crippen LogP contribution in [0.4, 0.5) is 0 Å². The Bertz CT molecular complexity index is 976. The molecule has 0 radical (unpaired) electrons. The van der Waals surface area contributed by atoms with Crippen LogP contribution in [0.3, 0.4) is 0 Å². The van der Waals surface area contributed by atoms with Crippen LogP contribution in [0, 0.1) is 0 Å². The van der Waals surface area contributed by atoms with Crippen LogP contribution in [0.15, 0.2) is 30.5 Å². The van der Waals surface area contributed by atoms with E-state index in [-0.39, 0.29) is 5.91 Å². The molecule has 2 aromatic heterocycles. The average molecular weight is 381 g/mol. The van der Waals surface area contributed by atoms with Crippen LogP contribution in [0.25, 0.3) is 10.1 Å². The Morgan fingerprint density at radius 1 is 1.19 bits per heavy atom. The summed E-state index contributed by atoms with van der Waals surface area (Å²) >= 11 is 1.48. The standard InChI is InChI=1S/C21H24N4OS/c26-20(12-18-17-8-1-2-9-19(17)27-23-18)24-10-5-6-15(14-24)21-22-13-16-7-3-4-11-25(16)21/h1-2,8-9,13,15H,3-7,10-12,14H2/t15-/m0/s1.